The fraction of sp³-hybridized carbons (Fsp3) is 0. The molecule has 21 heavy (non-hydrogen) atoms. The molecule has 0 saturated heterocycles. The number of thiazole rings is 1. The van der Waals surface area contributed by atoms with Gasteiger partial charge in [0.25, 0.3) is 0 Å². The summed E-state index contributed by atoms with van der Waals surface area (Å²) >= 11 is 5.19. The van der Waals surface area contributed by atoms with Crippen molar-refractivity contribution < 1.29 is 4.28 Å². The van der Waals surface area contributed by atoms with Crippen molar-refractivity contribution >= 4 is 45.9 Å². The van der Waals surface area contributed by atoms with Crippen molar-refractivity contribution in [2.45, 2.75) is 0 Å². The summed E-state index contributed by atoms with van der Waals surface area (Å²) in [6.07, 6.45) is 0. The van der Waals surface area contributed by atoms with Gasteiger partial charge in [-0.2, -0.15) is 0 Å². The number of rotatable bonds is 4. The number of thiol groups is 1. The number of fused-ring (bicyclic) bond motifs is 1. The van der Waals surface area contributed by atoms with Gasteiger partial charge in [-0.3, -0.25) is 0 Å². The molecular weight excluding hydrogens is 306 g/mol. The second-order valence-corrected chi connectivity index (χ2v) is 5.34. The number of benzene rings is 2. The first-order valence-corrected chi connectivity index (χ1v) is 7.18. The molecule has 1 heterocycles. The Hall–Kier alpha value is -2.25. The maximum atomic E-state index is 10.5. The number of oxime groups is 1. The molecule has 0 saturated carbocycles. The summed E-state index contributed by atoms with van der Waals surface area (Å²) in [5.41, 5.74) is 2.59. The van der Waals surface area contributed by atoms with Crippen molar-refractivity contribution in [2.75, 3.05) is 0 Å². The Labute approximate surface area is 129 Å². The first kappa shape index (κ1) is 13.7. The molecule has 0 amide bonds. The van der Waals surface area contributed by atoms with Crippen molar-refractivity contribution in [3.63, 3.8) is 0 Å². The highest BCUT2D eigenvalue weighted by Gasteiger charge is 2.14. The molecule has 5 nitrogen and oxygen atoms in total. The van der Waals surface area contributed by atoms with Crippen LogP contribution in [0.3, 0.4) is 0 Å². The zero-order valence-electron chi connectivity index (χ0n) is 10.6. The van der Waals surface area contributed by atoms with Gasteiger partial charge in [-0.15, -0.1) is 16.2 Å². The van der Waals surface area contributed by atoms with Crippen LogP contribution in [0.2, 0.25) is 0 Å². The molecule has 104 valence electrons. The fourth-order valence-electron chi connectivity index (χ4n) is 1.91. The second kappa shape index (κ2) is 6.02. The molecule has 0 aliphatic rings. The summed E-state index contributed by atoms with van der Waals surface area (Å²) in [5, 5.41) is 7.53. The van der Waals surface area contributed by atoms with Crippen molar-refractivity contribution in [2.24, 2.45) is 10.3 Å². The number of nitrogens with zero attached hydrogens (tertiary/aromatic N) is 3. The molecule has 2 aromatic carbocycles. The van der Waals surface area contributed by atoms with Crippen LogP contribution in [0.15, 0.2) is 58.9 Å². The van der Waals surface area contributed by atoms with E-state index in [0.717, 1.165) is 20.8 Å². The van der Waals surface area contributed by atoms with Crippen LogP contribution >= 0.6 is 24.2 Å². The minimum absolute atomic E-state index is 0.356. The van der Waals surface area contributed by atoms with E-state index in [0.29, 0.717) is 11.4 Å². The van der Waals surface area contributed by atoms with E-state index in [2.05, 4.69) is 32.5 Å². The number of nitroso groups, excluding NO2 is 1. The Morgan fingerprint density at radius 3 is 2.57 bits per heavy atom. The third-order valence-corrected chi connectivity index (χ3v) is 4.00. The SMILES string of the molecule is O=Nc1ccc(/C(=N\OS)c2nc3ccccc3s2)cc1. The topological polar surface area (TPSA) is 63.9 Å². The highest BCUT2D eigenvalue weighted by molar-refractivity contribution is 7.75. The molecule has 0 atom stereocenters. The lowest BCUT2D eigenvalue weighted by molar-refractivity contribution is 0.415. The molecule has 0 fully saturated rings. The quantitative estimate of drug-likeness (QED) is 0.256. The van der Waals surface area contributed by atoms with E-state index in [9.17, 15) is 4.91 Å². The Morgan fingerprint density at radius 1 is 1.14 bits per heavy atom. The normalized spacial score (nSPS) is 11.6. The molecule has 3 rings (SSSR count). The van der Waals surface area contributed by atoms with Gasteiger partial charge in [0.2, 0.25) is 0 Å². The highest BCUT2D eigenvalue weighted by atomic mass is 32.1. The van der Waals surface area contributed by atoms with E-state index >= 15 is 0 Å². The summed E-state index contributed by atoms with van der Waals surface area (Å²) in [6, 6.07) is 14.5. The van der Waals surface area contributed by atoms with Gasteiger partial charge in [-0.1, -0.05) is 29.4 Å². The van der Waals surface area contributed by atoms with Crippen LogP contribution in [0.1, 0.15) is 10.6 Å². The molecule has 0 bridgehead atoms. The Kier molecular flexibility index (Phi) is 3.94. The maximum absolute atomic E-state index is 10.5. The Bertz CT molecular complexity index is 779. The predicted octanol–water partition coefficient (Wildman–Crippen LogP) is 4.31. The molecule has 1 aromatic heterocycles. The van der Waals surface area contributed by atoms with Gasteiger partial charge < -0.3 is 4.28 Å². The minimum Gasteiger partial charge on any atom is -0.325 e. The third-order valence-electron chi connectivity index (χ3n) is 2.87. The smallest absolute Gasteiger partial charge is 0.147 e. The molecule has 0 aliphatic heterocycles. The van der Waals surface area contributed by atoms with E-state index in [1.54, 1.807) is 24.3 Å². The van der Waals surface area contributed by atoms with Crippen molar-refractivity contribution in [3.8, 4) is 0 Å². The van der Waals surface area contributed by atoms with Gasteiger partial charge in [0.05, 0.1) is 23.1 Å². The number of hydrogen-bond acceptors (Lipinski definition) is 7. The predicted molar refractivity (Wildman–Crippen MR) is 87.2 cm³/mol. The standard InChI is InChI=1S/C14H9N3O2S2/c18-16-10-7-5-9(6-8-10)13(17-19-20)14-15-11-3-1-2-4-12(11)21-14/h1-8,20H/b17-13+. The molecule has 0 aliphatic carbocycles. The monoisotopic (exact) mass is 315 g/mol. The Balaban J connectivity index is 2.08. The summed E-state index contributed by atoms with van der Waals surface area (Å²) in [7, 11) is 0. The van der Waals surface area contributed by atoms with Gasteiger partial charge in [0.1, 0.15) is 16.4 Å². The van der Waals surface area contributed by atoms with Crippen molar-refractivity contribution in [1.29, 1.82) is 0 Å². The van der Waals surface area contributed by atoms with Crippen molar-refractivity contribution in [3.05, 3.63) is 64.0 Å². The summed E-state index contributed by atoms with van der Waals surface area (Å²) < 4.78 is 5.69. The summed E-state index contributed by atoms with van der Waals surface area (Å²) in [5.74, 6) is 0. The summed E-state index contributed by atoms with van der Waals surface area (Å²) in [4.78, 5) is 15.0. The van der Waals surface area contributed by atoms with Crippen LogP contribution in [0.4, 0.5) is 5.69 Å². The van der Waals surface area contributed by atoms with Gasteiger partial charge in [-0.05, 0) is 29.4 Å². The molecule has 0 N–H and O–H groups in total. The molecule has 0 radical (unpaired) electrons. The third kappa shape index (κ3) is 2.79. The van der Waals surface area contributed by atoms with Crippen LogP contribution < -0.4 is 0 Å². The van der Waals surface area contributed by atoms with Crippen LogP contribution in [-0.4, -0.2) is 10.7 Å². The van der Waals surface area contributed by atoms with E-state index in [1.807, 2.05) is 24.3 Å². The molecule has 3 aromatic rings. The van der Waals surface area contributed by atoms with Crippen LogP contribution in [0.25, 0.3) is 10.2 Å². The van der Waals surface area contributed by atoms with Crippen LogP contribution in [-0.2, 0) is 4.28 Å². The molecular formula is C14H9N3O2S2. The summed E-state index contributed by atoms with van der Waals surface area (Å²) in [6.45, 7) is 0. The van der Waals surface area contributed by atoms with Gasteiger partial charge in [0.15, 0.2) is 0 Å². The second-order valence-electron chi connectivity index (χ2n) is 4.15. The van der Waals surface area contributed by atoms with Gasteiger partial charge in [0, 0.05) is 5.56 Å². The number of aromatic nitrogens is 1. The average Bonchev–Trinajstić information content (AvgIpc) is 2.96. The highest BCUT2D eigenvalue weighted by Crippen LogP contribution is 2.25. The van der Waals surface area contributed by atoms with Crippen LogP contribution in [0.5, 0.6) is 0 Å². The van der Waals surface area contributed by atoms with E-state index in [4.69, 9.17) is 0 Å². The van der Waals surface area contributed by atoms with E-state index in [1.165, 1.54) is 11.3 Å². The lowest BCUT2D eigenvalue weighted by Gasteiger charge is -2.01. The fourth-order valence-corrected chi connectivity index (χ4v) is 2.96. The lowest BCUT2D eigenvalue weighted by atomic mass is 10.1. The lowest BCUT2D eigenvalue weighted by Crippen LogP contribution is -2.02. The Morgan fingerprint density at radius 2 is 1.90 bits per heavy atom. The van der Waals surface area contributed by atoms with Gasteiger partial charge >= 0.3 is 0 Å². The zero-order chi connectivity index (χ0) is 14.7. The van der Waals surface area contributed by atoms with E-state index in [-0.39, 0.29) is 0 Å². The molecule has 0 spiro atoms. The van der Waals surface area contributed by atoms with Gasteiger partial charge in [-0.25, -0.2) is 4.98 Å². The maximum Gasteiger partial charge on any atom is 0.147 e. The van der Waals surface area contributed by atoms with E-state index < -0.39 is 0 Å². The zero-order valence-corrected chi connectivity index (χ0v) is 12.3. The molecule has 7 heteroatoms. The molecule has 0 unspecified atom stereocenters. The number of hydrogen-bond donors (Lipinski definition) is 1. The average molecular weight is 315 g/mol. The first-order valence-electron chi connectivity index (χ1n) is 6.00. The number of para-hydroxylation sites is 1. The van der Waals surface area contributed by atoms with Crippen LogP contribution in [0, 0.1) is 4.91 Å². The minimum atomic E-state index is 0.356. The van der Waals surface area contributed by atoms with Crippen molar-refractivity contribution in [1.82, 2.24) is 4.98 Å². The largest absolute Gasteiger partial charge is 0.325 e. The first-order chi connectivity index (χ1) is 10.3.